The van der Waals surface area contributed by atoms with Gasteiger partial charge in [0, 0.05) is 5.56 Å². The van der Waals surface area contributed by atoms with E-state index in [0.29, 0.717) is 28.4 Å². The highest BCUT2D eigenvalue weighted by Gasteiger charge is 2.21. The Hall–Kier alpha value is -4.47. The van der Waals surface area contributed by atoms with Crippen LogP contribution < -0.4 is 10.1 Å². The largest absolute Gasteiger partial charge is 0.495 e. The zero-order chi connectivity index (χ0) is 22.3. The molecule has 0 radical (unpaired) electrons. The molecule has 0 aliphatic carbocycles. The second kappa shape index (κ2) is 9.56. The second-order valence-corrected chi connectivity index (χ2v) is 6.79. The SMILES string of the molecule is COc1ccccc1NC(=O)CN(Cc1ccco1)C(=O)c1ccc(-n2cnnn2)cc1. The Bertz CT molecular complexity index is 1170. The number of ether oxygens (including phenoxy) is 1. The lowest BCUT2D eigenvalue weighted by Crippen LogP contribution is -2.37. The van der Waals surface area contributed by atoms with Gasteiger partial charge in [-0.15, -0.1) is 5.10 Å². The Labute approximate surface area is 183 Å². The third-order valence-electron chi connectivity index (χ3n) is 4.66. The van der Waals surface area contributed by atoms with Gasteiger partial charge in [-0.05, 0) is 59.0 Å². The van der Waals surface area contributed by atoms with Crippen LogP contribution in [0.25, 0.3) is 5.69 Å². The molecule has 32 heavy (non-hydrogen) atoms. The summed E-state index contributed by atoms with van der Waals surface area (Å²) in [6.45, 7) is -0.0355. The Kier molecular flexibility index (Phi) is 6.21. The maximum absolute atomic E-state index is 13.2. The Morgan fingerprint density at radius 1 is 1.09 bits per heavy atom. The molecule has 2 amide bonds. The minimum absolute atomic E-state index is 0.139. The number of rotatable bonds is 8. The number of anilines is 1. The lowest BCUT2D eigenvalue weighted by molar-refractivity contribution is -0.117. The summed E-state index contributed by atoms with van der Waals surface area (Å²) in [6.07, 6.45) is 2.98. The number of hydrogen-bond donors (Lipinski definition) is 1. The summed E-state index contributed by atoms with van der Waals surface area (Å²) >= 11 is 0. The van der Waals surface area contributed by atoms with Gasteiger partial charge >= 0.3 is 0 Å². The first kappa shape index (κ1) is 20.8. The number of methoxy groups -OCH3 is 1. The van der Waals surface area contributed by atoms with Crippen LogP contribution in [0.4, 0.5) is 5.69 Å². The molecule has 0 atom stereocenters. The maximum Gasteiger partial charge on any atom is 0.254 e. The summed E-state index contributed by atoms with van der Waals surface area (Å²) in [6, 6.07) is 17.3. The van der Waals surface area contributed by atoms with Gasteiger partial charge in [-0.25, -0.2) is 4.68 Å². The predicted octanol–water partition coefficient (Wildman–Crippen LogP) is 2.55. The standard InChI is InChI=1S/C22H20N6O4/c1-31-20-7-3-2-6-19(20)24-21(29)14-27(13-18-5-4-12-32-18)22(30)16-8-10-17(11-9-16)28-15-23-25-26-28/h2-12,15H,13-14H2,1H3,(H,24,29). The predicted molar refractivity (Wildman–Crippen MR) is 114 cm³/mol. The molecule has 10 nitrogen and oxygen atoms in total. The molecule has 2 aromatic carbocycles. The maximum atomic E-state index is 13.2. The molecule has 0 aliphatic heterocycles. The van der Waals surface area contributed by atoms with Crippen LogP contribution in [-0.2, 0) is 11.3 Å². The Morgan fingerprint density at radius 2 is 1.91 bits per heavy atom. The fraction of sp³-hybridized carbons (Fsp3) is 0.136. The number of hydrogen-bond acceptors (Lipinski definition) is 7. The fourth-order valence-corrected chi connectivity index (χ4v) is 3.12. The number of carbonyl (C=O) groups excluding carboxylic acids is 2. The summed E-state index contributed by atoms with van der Waals surface area (Å²) in [4.78, 5) is 27.4. The molecule has 0 saturated carbocycles. The van der Waals surface area contributed by atoms with Crippen molar-refractivity contribution in [2.45, 2.75) is 6.54 Å². The van der Waals surface area contributed by atoms with Crippen molar-refractivity contribution in [3.63, 3.8) is 0 Å². The van der Waals surface area contributed by atoms with Crippen LogP contribution in [0.1, 0.15) is 16.1 Å². The number of carbonyl (C=O) groups is 2. The van der Waals surface area contributed by atoms with Crippen molar-refractivity contribution in [2.24, 2.45) is 0 Å². The molecule has 0 unspecified atom stereocenters. The van der Waals surface area contributed by atoms with E-state index in [9.17, 15) is 9.59 Å². The smallest absolute Gasteiger partial charge is 0.254 e. The summed E-state index contributed by atoms with van der Waals surface area (Å²) in [5.41, 5.74) is 1.65. The first-order valence-electron chi connectivity index (χ1n) is 9.72. The molecule has 0 spiro atoms. The molecule has 2 aromatic heterocycles. The van der Waals surface area contributed by atoms with Crippen LogP contribution in [0, 0.1) is 0 Å². The van der Waals surface area contributed by atoms with Crippen molar-refractivity contribution < 1.29 is 18.7 Å². The number of amides is 2. The quantitative estimate of drug-likeness (QED) is 0.455. The van der Waals surface area contributed by atoms with Crippen molar-refractivity contribution in [1.82, 2.24) is 25.1 Å². The van der Waals surface area contributed by atoms with E-state index < -0.39 is 0 Å². The van der Waals surface area contributed by atoms with Crippen LogP contribution in [0.5, 0.6) is 5.75 Å². The number of tetrazole rings is 1. The van der Waals surface area contributed by atoms with E-state index in [0.717, 1.165) is 0 Å². The van der Waals surface area contributed by atoms with Crippen molar-refractivity contribution in [3.05, 3.63) is 84.6 Å². The highest BCUT2D eigenvalue weighted by Crippen LogP contribution is 2.23. The van der Waals surface area contributed by atoms with E-state index in [1.165, 1.54) is 29.3 Å². The molecular weight excluding hydrogens is 412 g/mol. The van der Waals surface area contributed by atoms with Crippen LogP contribution in [0.15, 0.2) is 77.7 Å². The fourth-order valence-electron chi connectivity index (χ4n) is 3.12. The zero-order valence-corrected chi connectivity index (χ0v) is 17.2. The van der Waals surface area contributed by atoms with Gasteiger partial charge in [-0.2, -0.15) is 0 Å². The van der Waals surface area contributed by atoms with Gasteiger partial charge < -0.3 is 19.4 Å². The van der Waals surface area contributed by atoms with Gasteiger partial charge in [0.15, 0.2) is 0 Å². The lowest BCUT2D eigenvalue weighted by atomic mass is 10.1. The molecule has 0 saturated heterocycles. The van der Waals surface area contributed by atoms with Gasteiger partial charge in [-0.1, -0.05) is 12.1 Å². The Balaban J connectivity index is 1.52. The van der Waals surface area contributed by atoms with E-state index >= 15 is 0 Å². The van der Waals surface area contributed by atoms with E-state index in [-0.39, 0.29) is 24.9 Å². The first-order valence-corrected chi connectivity index (χ1v) is 9.72. The number of nitrogens with one attached hydrogen (secondary N) is 1. The monoisotopic (exact) mass is 432 g/mol. The molecule has 4 rings (SSSR count). The van der Waals surface area contributed by atoms with Crippen LogP contribution >= 0.6 is 0 Å². The second-order valence-electron chi connectivity index (χ2n) is 6.79. The number of furan rings is 1. The molecule has 4 aromatic rings. The third kappa shape index (κ3) is 4.81. The molecule has 162 valence electrons. The molecule has 0 fully saturated rings. The number of nitrogens with zero attached hydrogens (tertiary/aromatic N) is 5. The number of aromatic nitrogens is 4. The molecular formula is C22H20N6O4. The van der Waals surface area contributed by atoms with Gasteiger partial charge in [0.05, 0.1) is 31.3 Å². The van der Waals surface area contributed by atoms with Gasteiger partial charge in [0.25, 0.3) is 5.91 Å². The minimum atomic E-state index is -0.361. The molecule has 2 heterocycles. The summed E-state index contributed by atoms with van der Waals surface area (Å²) in [5, 5.41) is 13.8. The van der Waals surface area contributed by atoms with Gasteiger partial charge in [0.2, 0.25) is 5.91 Å². The van der Waals surface area contributed by atoms with E-state index in [1.807, 2.05) is 0 Å². The van der Waals surface area contributed by atoms with Crippen LogP contribution in [0.3, 0.4) is 0 Å². The van der Waals surface area contributed by atoms with E-state index in [2.05, 4.69) is 20.8 Å². The minimum Gasteiger partial charge on any atom is -0.495 e. The van der Waals surface area contributed by atoms with Crippen molar-refractivity contribution in [2.75, 3.05) is 19.0 Å². The average molecular weight is 432 g/mol. The van der Waals surface area contributed by atoms with Gasteiger partial charge in [-0.3, -0.25) is 9.59 Å². The molecule has 10 heteroatoms. The van der Waals surface area contributed by atoms with Crippen LogP contribution in [-0.4, -0.2) is 50.6 Å². The topological polar surface area (TPSA) is 115 Å². The van der Waals surface area contributed by atoms with Gasteiger partial charge in [0.1, 0.15) is 24.4 Å². The highest BCUT2D eigenvalue weighted by molar-refractivity contribution is 5.99. The lowest BCUT2D eigenvalue weighted by Gasteiger charge is -2.22. The zero-order valence-electron chi connectivity index (χ0n) is 17.2. The first-order chi connectivity index (χ1) is 15.6. The van der Waals surface area contributed by atoms with Crippen molar-refractivity contribution in [3.8, 4) is 11.4 Å². The molecule has 0 bridgehead atoms. The highest BCUT2D eigenvalue weighted by atomic mass is 16.5. The molecule has 0 aliphatic rings. The summed E-state index contributed by atoms with van der Waals surface area (Å²) in [5.74, 6) is 0.413. The average Bonchev–Trinajstić information content (AvgIpc) is 3.53. The molecule has 1 N–H and O–H groups in total. The van der Waals surface area contributed by atoms with Crippen LogP contribution in [0.2, 0.25) is 0 Å². The number of para-hydroxylation sites is 2. The third-order valence-corrected chi connectivity index (χ3v) is 4.66. The Morgan fingerprint density at radius 3 is 2.59 bits per heavy atom. The van der Waals surface area contributed by atoms with Crippen molar-refractivity contribution >= 4 is 17.5 Å². The normalized spacial score (nSPS) is 10.5. The number of benzene rings is 2. The van der Waals surface area contributed by atoms with Crippen molar-refractivity contribution in [1.29, 1.82) is 0 Å². The van der Waals surface area contributed by atoms with E-state index in [4.69, 9.17) is 9.15 Å². The summed E-state index contributed by atoms with van der Waals surface area (Å²) in [7, 11) is 1.52. The van der Waals surface area contributed by atoms with E-state index in [1.54, 1.807) is 60.7 Å². The summed E-state index contributed by atoms with van der Waals surface area (Å²) < 4.78 is 12.1.